The van der Waals surface area contributed by atoms with Crippen LogP contribution in [0.5, 0.6) is 0 Å². The molecule has 1 aromatic carbocycles. The molecule has 2 aliphatic rings. The molecule has 1 aromatic rings. The third kappa shape index (κ3) is 0.919. The lowest BCUT2D eigenvalue weighted by Crippen LogP contribution is -1.86. The van der Waals surface area contributed by atoms with Crippen LogP contribution in [0.2, 0.25) is 0 Å². The van der Waals surface area contributed by atoms with Gasteiger partial charge in [-0.3, -0.25) is 0 Å². The maximum absolute atomic E-state index is 3.30. The molecule has 0 saturated heterocycles. The lowest BCUT2D eigenvalue weighted by Gasteiger charge is -2.06. The molecule has 0 spiro atoms. The van der Waals surface area contributed by atoms with Crippen molar-refractivity contribution in [3.63, 3.8) is 0 Å². The highest BCUT2D eigenvalue weighted by atomic mass is 14.2. The molecule has 61 valence electrons. The van der Waals surface area contributed by atoms with Crippen molar-refractivity contribution in [1.82, 2.24) is 0 Å². The molecule has 0 heteroatoms. The number of fused-ring (bicyclic) bond motifs is 3. The van der Waals surface area contributed by atoms with Crippen LogP contribution in [0.25, 0.3) is 11.6 Å². The van der Waals surface area contributed by atoms with E-state index >= 15 is 0 Å². The average Bonchev–Trinajstić information content (AvgIpc) is 2.56. The summed E-state index contributed by atoms with van der Waals surface area (Å²) in [6.07, 6.45) is 10.9. The molecule has 0 aliphatic heterocycles. The fourth-order valence-electron chi connectivity index (χ4n) is 1.93. The molecular weight excluding hydrogens is 156 g/mol. The molecule has 0 bridgehead atoms. The largest absolute Gasteiger partial charge is 0.0722 e. The van der Waals surface area contributed by atoms with E-state index in [2.05, 4.69) is 48.6 Å². The zero-order valence-corrected chi connectivity index (χ0v) is 7.25. The highest BCUT2D eigenvalue weighted by Gasteiger charge is 2.17. The Bertz CT molecular complexity index is 445. The molecule has 0 fully saturated rings. The molecule has 0 saturated carbocycles. The van der Waals surface area contributed by atoms with E-state index in [0.29, 0.717) is 0 Å². The van der Waals surface area contributed by atoms with Crippen molar-refractivity contribution in [2.45, 2.75) is 6.42 Å². The van der Waals surface area contributed by atoms with Gasteiger partial charge in [-0.1, -0.05) is 36.4 Å². The first kappa shape index (κ1) is 6.90. The van der Waals surface area contributed by atoms with Crippen molar-refractivity contribution in [2.24, 2.45) is 0 Å². The van der Waals surface area contributed by atoms with E-state index in [9.17, 15) is 0 Å². The Labute approximate surface area is 77.9 Å². The molecule has 0 N–H and O–H groups in total. The summed E-state index contributed by atoms with van der Waals surface area (Å²) in [5, 5.41) is 0. The first-order chi connectivity index (χ1) is 6.45. The second kappa shape index (κ2) is 2.46. The molecule has 2 aliphatic carbocycles. The van der Waals surface area contributed by atoms with E-state index in [1.165, 1.54) is 22.3 Å². The quantitative estimate of drug-likeness (QED) is 0.553. The van der Waals surface area contributed by atoms with Gasteiger partial charge in [0, 0.05) is 0 Å². The first-order valence-electron chi connectivity index (χ1n) is 4.55. The number of allylic oxidation sites excluding steroid dienone is 5. The summed E-state index contributed by atoms with van der Waals surface area (Å²) in [6, 6.07) is 8.51. The predicted octanol–water partition coefficient (Wildman–Crippen LogP) is 3.23. The Balaban J connectivity index is 2.26. The molecule has 0 amide bonds. The summed E-state index contributed by atoms with van der Waals surface area (Å²) in [7, 11) is 0. The predicted molar refractivity (Wildman–Crippen MR) is 54.8 cm³/mol. The maximum atomic E-state index is 3.30. The van der Waals surface area contributed by atoms with Gasteiger partial charge in [-0.25, -0.2) is 0 Å². The maximum Gasteiger partial charge on any atom is -0.00991 e. The lowest BCUT2D eigenvalue weighted by atomic mass is 9.98. The second-order valence-electron chi connectivity index (χ2n) is 3.35. The molecule has 0 nitrogen and oxygen atoms in total. The minimum absolute atomic E-state index is 1.01. The topological polar surface area (TPSA) is 0 Å². The van der Waals surface area contributed by atoms with Gasteiger partial charge in [0.05, 0.1) is 0 Å². The van der Waals surface area contributed by atoms with Gasteiger partial charge in [0.15, 0.2) is 0 Å². The van der Waals surface area contributed by atoms with Crippen LogP contribution in [0.15, 0.2) is 42.0 Å². The average molecular weight is 165 g/mol. The van der Waals surface area contributed by atoms with E-state index < -0.39 is 0 Å². The highest BCUT2D eigenvalue weighted by molar-refractivity contribution is 5.96. The number of hydrogen-bond acceptors (Lipinski definition) is 0. The van der Waals surface area contributed by atoms with Crippen molar-refractivity contribution in [3.8, 4) is 0 Å². The normalized spacial score (nSPS) is 17.5. The Kier molecular flexibility index (Phi) is 1.31. The second-order valence-corrected chi connectivity index (χ2v) is 3.35. The summed E-state index contributed by atoms with van der Waals surface area (Å²) in [5.74, 6) is 0. The Hall–Kier alpha value is -1.56. The van der Waals surface area contributed by atoms with Crippen molar-refractivity contribution in [1.29, 1.82) is 0 Å². The van der Waals surface area contributed by atoms with Gasteiger partial charge >= 0.3 is 0 Å². The standard InChI is InChI=1S/C13H9/c1-3-7-12-10(5-1)9-11-6-2-4-8-13(11)12/h1-3,5,7-9H,4H2. The monoisotopic (exact) mass is 165 g/mol. The molecule has 0 heterocycles. The fourth-order valence-corrected chi connectivity index (χ4v) is 1.93. The molecular formula is C13H9. The molecule has 3 rings (SSSR count). The summed E-state index contributed by atoms with van der Waals surface area (Å²) < 4.78 is 0. The van der Waals surface area contributed by atoms with E-state index in [-0.39, 0.29) is 0 Å². The molecule has 0 atom stereocenters. The summed E-state index contributed by atoms with van der Waals surface area (Å²) in [4.78, 5) is 0. The Morgan fingerprint density at radius 1 is 1.15 bits per heavy atom. The van der Waals surface area contributed by atoms with E-state index in [0.717, 1.165) is 6.42 Å². The zero-order chi connectivity index (χ0) is 8.67. The van der Waals surface area contributed by atoms with Crippen LogP contribution in [0.3, 0.4) is 0 Å². The van der Waals surface area contributed by atoms with E-state index in [1.54, 1.807) is 0 Å². The van der Waals surface area contributed by atoms with Crippen LogP contribution >= 0.6 is 0 Å². The smallest absolute Gasteiger partial charge is 0.00991 e. The Morgan fingerprint density at radius 2 is 2.08 bits per heavy atom. The molecule has 13 heavy (non-hydrogen) atoms. The lowest BCUT2D eigenvalue weighted by molar-refractivity contribution is 1.34. The van der Waals surface area contributed by atoms with Gasteiger partial charge in [0.25, 0.3) is 0 Å². The first-order valence-corrected chi connectivity index (χ1v) is 4.55. The number of benzene rings is 1. The van der Waals surface area contributed by atoms with Crippen molar-refractivity contribution in [3.05, 3.63) is 59.2 Å². The van der Waals surface area contributed by atoms with Crippen LogP contribution in [-0.2, 0) is 0 Å². The van der Waals surface area contributed by atoms with Crippen LogP contribution in [0, 0.1) is 6.08 Å². The van der Waals surface area contributed by atoms with Gasteiger partial charge in [-0.05, 0) is 40.8 Å². The fraction of sp³-hybridized carbons (Fsp3) is 0.0769. The molecule has 0 aromatic heterocycles. The van der Waals surface area contributed by atoms with E-state index in [4.69, 9.17) is 0 Å². The van der Waals surface area contributed by atoms with Crippen LogP contribution < -0.4 is 0 Å². The van der Waals surface area contributed by atoms with Gasteiger partial charge in [0.2, 0.25) is 0 Å². The van der Waals surface area contributed by atoms with Crippen molar-refractivity contribution in [2.75, 3.05) is 0 Å². The number of hydrogen-bond donors (Lipinski definition) is 0. The minimum atomic E-state index is 1.01. The van der Waals surface area contributed by atoms with Gasteiger partial charge in [0.1, 0.15) is 0 Å². The number of rotatable bonds is 0. The third-order valence-electron chi connectivity index (χ3n) is 2.54. The van der Waals surface area contributed by atoms with Crippen LogP contribution in [0.1, 0.15) is 17.5 Å². The van der Waals surface area contributed by atoms with Gasteiger partial charge in [-0.2, -0.15) is 0 Å². The molecule has 0 unspecified atom stereocenters. The summed E-state index contributed by atoms with van der Waals surface area (Å²) >= 11 is 0. The molecule has 1 radical (unpaired) electrons. The Morgan fingerprint density at radius 3 is 3.08 bits per heavy atom. The van der Waals surface area contributed by atoms with Crippen molar-refractivity contribution >= 4 is 11.6 Å². The van der Waals surface area contributed by atoms with Crippen LogP contribution in [0.4, 0.5) is 0 Å². The van der Waals surface area contributed by atoms with Gasteiger partial charge in [-0.15, -0.1) is 0 Å². The van der Waals surface area contributed by atoms with Crippen molar-refractivity contribution < 1.29 is 0 Å². The van der Waals surface area contributed by atoms with Gasteiger partial charge < -0.3 is 0 Å². The zero-order valence-electron chi connectivity index (χ0n) is 7.25. The van der Waals surface area contributed by atoms with Crippen LogP contribution in [-0.4, -0.2) is 0 Å². The highest BCUT2D eigenvalue weighted by Crippen LogP contribution is 2.37. The SMILES string of the molecule is [C]1=CCC=C2C1=Cc1ccccc12. The minimum Gasteiger partial charge on any atom is -0.0722 e. The summed E-state index contributed by atoms with van der Waals surface area (Å²) in [6.45, 7) is 0. The summed E-state index contributed by atoms with van der Waals surface area (Å²) in [5.41, 5.74) is 5.29. The van der Waals surface area contributed by atoms with E-state index in [1.807, 2.05) is 0 Å². The third-order valence-corrected chi connectivity index (χ3v) is 2.54.